The summed E-state index contributed by atoms with van der Waals surface area (Å²) >= 11 is -0.918. The van der Waals surface area contributed by atoms with Gasteiger partial charge in [0.05, 0.1) is 0 Å². The number of rotatable bonds is 4. The first-order chi connectivity index (χ1) is 20.9. The maximum absolute atomic E-state index is 2.64. The number of benzene rings is 4. The van der Waals surface area contributed by atoms with Crippen molar-refractivity contribution in [3.05, 3.63) is 128 Å². The molecule has 7 rings (SSSR count). The van der Waals surface area contributed by atoms with Gasteiger partial charge in [-0.1, -0.05) is 0 Å². The topological polar surface area (TPSA) is 0 Å². The van der Waals surface area contributed by atoms with Gasteiger partial charge in [-0.2, -0.15) is 0 Å². The van der Waals surface area contributed by atoms with E-state index in [9.17, 15) is 0 Å². The van der Waals surface area contributed by atoms with Crippen molar-refractivity contribution in [3.8, 4) is 22.3 Å². The number of hydrogen-bond donors (Lipinski definition) is 0. The van der Waals surface area contributed by atoms with E-state index in [4.69, 9.17) is 0 Å². The molecule has 0 amide bonds. The van der Waals surface area contributed by atoms with Crippen LogP contribution in [0.2, 0.25) is 0 Å². The molecule has 0 saturated carbocycles. The molecule has 0 N–H and O–H groups in total. The molecule has 0 heterocycles. The van der Waals surface area contributed by atoms with Crippen LogP contribution < -0.4 is 24.8 Å². The Hall–Kier alpha value is -2.18. The third-order valence-electron chi connectivity index (χ3n) is 10.3. The molecule has 2 unspecified atom stereocenters. The summed E-state index contributed by atoms with van der Waals surface area (Å²) < 4.78 is 1.24. The van der Waals surface area contributed by atoms with Crippen molar-refractivity contribution in [2.24, 2.45) is 0 Å². The van der Waals surface area contributed by atoms with Crippen molar-refractivity contribution < 1.29 is 48.0 Å². The Morgan fingerprint density at radius 2 is 1.15 bits per heavy atom. The fourth-order valence-electron chi connectivity index (χ4n) is 7.76. The van der Waals surface area contributed by atoms with Crippen LogP contribution in [-0.4, -0.2) is 0 Å². The first kappa shape index (κ1) is 35.1. The second-order valence-electron chi connectivity index (χ2n) is 15.5. The monoisotopic (exact) mass is 722 g/mol. The Kier molecular flexibility index (Phi) is 9.95. The van der Waals surface area contributed by atoms with E-state index >= 15 is 0 Å². The van der Waals surface area contributed by atoms with Gasteiger partial charge in [-0.05, 0) is 0 Å². The quantitative estimate of drug-likeness (QED) is 0.250. The normalized spacial score (nSPS) is 18.0. The molecular formula is C43H46Cl2Zr. The van der Waals surface area contributed by atoms with E-state index in [1.807, 2.05) is 0 Å². The molecule has 0 spiro atoms. The zero-order valence-electron chi connectivity index (χ0n) is 28.6. The summed E-state index contributed by atoms with van der Waals surface area (Å²) in [6, 6.07) is 28.6. The van der Waals surface area contributed by atoms with Gasteiger partial charge in [0, 0.05) is 0 Å². The van der Waals surface area contributed by atoms with Gasteiger partial charge in [0.25, 0.3) is 0 Å². The summed E-state index contributed by atoms with van der Waals surface area (Å²) in [4.78, 5) is 0. The molecular weight excluding hydrogens is 679 g/mol. The van der Waals surface area contributed by atoms with Gasteiger partial charge < -0.3 is 24.8 Å². The smallest absolute Gasteiger partial charge is 1.00 e. The molecule has 0 bridgehead atoms. The van der Waals surface area contributed by atoms with Crippen LogP contribution in [0.3, 0.4) is 0 Å². The largest absolute Gasteiger partial charge is 1.00 e. The maximum atomic E-state index is 2.64. The zero-order valence-corrected chi connectivity index (χ0v) is 32.6. The predicted molar refractivity (Wildman–Crippen MR) is 186 cm³/mol. The average molecular weight is 725 g/mol. The van der Waals surface area contributed by atoms with Crippen LogP contribution in [0.4, 0.5) is 0 Å². The van der Waals surface area contributed by atoms with Gasteiger partial charge in [0.2, 0.25) is 0 Å². The Labute approximate surface area is 301 Å². The Morgan fingerprint density at radius 3 is 1.74 bits per heavy atom. The SMILES string of the molecule is CC1=Cc2c(-c3ccc(C(C)(C)C)cc3)cccc2[CH]1[Zr+2][CH]1C(C)=Cc2c1cc1c(c2-c2ccc(C(C)(C)C)cc2)CCC1.[Cl-].[Cl-]. The van der Waals surface area contributed by atoms with E-state index < -0.39 is 23.2 Å². The molecule has 3 aliphatic rings. The molecule has 0 aromatic heterocycles. The molecule has 0 aliphatic heterocycles. The number of halogens is 2. The van der Waals surface area contributed by atoms with Gasteiger partial charge >= 0.3 is 279 Å². The molecule has 4 aromatic rings. The molecule has 2 atom stereocenters. The minimum absolute atomic E-state index is 0. The van der Waals surface area contributed by atoms with Gasteiger partial charge in [0.1, 0.15) is 0 Å². The zero-order chi connectivity index (χ0) is 31.0. The average Bonchev–Trinajstić information content (AvgIpc) is 3.66. The van der Waals surface area contributed by atoms with Crippen LogP contribution in [-0.2, 0) is 46.9 Å². The fourth-order valence-corrected chi connectivity index (χ4v) is 12.4. The van der Waals surface area contributed by atoms with Crippen molar-refractivity contribution in [1.29, 1.82) is 0 Å². The molecule has 3 heteroatoms. The minimum Gasteiger partial charge on any atom is -1.00 e. The number of hydrogen-bond acceptors (Lipinski definition) is 0. The van der Waals surface area contributed by atoms with Gasteiger partial charge in [0.15, 0.2) is 0 Å². The second-order valence-corrected chi connectivity index (χ2v) is 19.2. The first-order valence-electron chi connectivity index (χ1n) is 16.6. The minimum atomic E-state index is -0.918. The van der Waals surface area contributed by atoms with Crippen molar-refractivity contribution in [1.82, 2.24) is 0 Å². The number of allylic oxidation sites excluding steroid dienone is 2. The number of fused-ring (bicyclic) bond motifs is 3. The Bertz CT molecular complexity index is 1830. The Balaban J connectivity index is 0.00000208. The summed E-state index contributed by atoms with van der Waals surface area (Å²) in [7, 11) is 0. The third-order valence-corrected chi connectivity index (χ3v) is 15.7. The van der Waals surface area contributed by atoms with E-state index in [-0.39, 0.29) is 35.6 Å². The van der Waals surface area contributed by atoms with E-state index in [2.05, 4.69) is 140 Å². The molecule has 0 radical (unpaired) electrons. The third kappa shape index (κ3) is 6.22. The first-order valence-corrected chi connectivity index (χ1v) is 19.4. The summed E-state index contributed by atoms with van der Waals surface area (Å²) in [6.07, 6.45) is 8.83. The molecule has 236 valence electrons. The van der Waals surface area contributed by atoms with E-state index in [0.29, 0.717) is 7.25 Å². The van der Waals surface area contributed by atoms with Crippen LogP contribution in [0.25, 0.3) is 34.4 Å². The van der Waals surface area contributed by atoms with E-state index in [0.717, 1.165) is 0 Å². The fraction of sp³-hybridized carbons (Fsp3) is 0.349. The van der Waals surface area contributed by atoms with Crippen molar-refractivity contribution in [3.63, 3.8) is 0 Å². The van der Waals surface area contributed by atoms with E-state index in [1.165, 1.54) is 63.8 Å². The maximum Gasteiger partial charge on any atom is -1.00 e. The predicted octanol–water partition coefficient (Wildman–Crippen LogP) is 5.81. The van der Waals surface area contributed by atoms with E-state index in [1.54, 1.807) is 33.4 Å². The summed E-state index contributed by atoms with van der Waals surface area (Å²) in [5, 5.41) is 0. The Morgan fingerprint density at radius 1 is 0.609 bits per heavy atom. The molecule has 0 nitrogen and oxygen atoms in total. The standard InChI is InChI=1S/C23H25.C20H21.2ClH.Zr/c1-15-12-18-14-17-6-5-7-20(17)22(21(18)13-15)16-8-10-19(11-9-16)23(2,3)4;1-14-12-16-6-5-7-18(19(16)13-14)15-8-10-17(11-9-15)20(2,3)4;;;/h8-14H,5-7H2,1-4H3;5-13H,1-4H3;2*1H;/q;;;;+2/p-2. The summed E-state index contributed by atoms with van der Waals surface area (Å²) in [5.74, 6) is 0. The van der Waals surface area contributed by atoms with Crippen molar-refractivity contribution in [2.45, 2.75) is 92.7 Å². The van der Waals surface area contributed by atoms with Crippen molar-refractivity contribution in [2.75, 3.05) is 0 Å². The van der Waals surface area contributed by atoms with Gasteiger partial charge in [-0.3, -0.25) is 0 Å². The van der Waals surface area contributed by atoms with Crippen LogP contribution >= 0.6 is 0 Å². The molecule has 0 fully saturated rings. The molecule has 3 aliphatic carbocycles. The van der Waals surface area contributed by atoms with Crippen LogP contribution in [0.5, 0.6) is 0 Å². The molecule has 46 heavy (non-hydrogen) atoms. The van der Waals surface area contributed by atoms with Crippen molar-refractivity contribution >= 4 is 12.2 Å². The summed E-state index contributed by atoms with van der Waals surface area (Å²) in [5.41, 5.74) is 21.4. The second kappa shape index (κ2) is 13.0. The van der Waals surface area contributed by atoms with Gasteiger partial charge in [-0.25, -0.2) is 0 Å². The van der Waals surface area contributed by atoms with Gasteiger partial charge in [-0.15, -0.1) is 0 Å². The summed E-state index contributed by atoms with van der Waals surface area (Å²) in [6.45, 7) is 18.6. The molecule has 0 saturated heterocycles. The van der Waals surface area contributed by atoms with Crippen LogP contribution in [0.15, 0.2) is 83.9 Å². The number of aryl methyl sites for hydroxylation is 1. The van der Waals surface area contributed by atoms with Crippen LogP contribution in [0, 0.1) is 0 Å². The molecule has 4 aromatic carbocycles. The van der Waals surface area contributed by atoms with Crippen LogP contribution in [0.1, 0.15) is 114 Å².